The van der Waals surface area contributed by atoms with Crippen LogP contribution >= 0.6 is 8.51 Å². The average Bonchev–Trinajstić information content (AvgIpc) is 2.52. The van der Waals surface area contributed by atoms with Crippen molar-refractivity contribution < 1.29 is 0 Å². The number of H-pyrrole nitrogens is 1. The minimum atomic E-state index is 1.02. The molecule has 0 spiro atoms. The Hall–Kier alpha value is -0.360. The maximum Gasteiger partial charge on any atom is 0.129 e. The van der Waals surface area contributed by atoms with Crippen molar-refractivity contribution in [1.82, 2.24) is 9.49 Å². The number of nitrogens with zero attached hydrogens (tertiary/aromatic N) is 1. The van der Waals surface area contributed by atoms with Gasteiger partial charge in [0.05, 0.1) is 5.69 Å². The van der Waals surface area contributed by atoms with E-state index >= 15 is 0 Å². The van der Waals surface area contributed by atoms with E-state index in [0.29, 0.717) is 0 Å². The van der Waals surface area contributed by atoms with Crippen LogP contribution in [0.3, 0.4) is 0 Å². The van der Waals surface area contributed by atoms with Gasteiger partial charge in [0.1, 0.15) is 8.51 Å². The summed E-state index contributed by atoms with van der Waals surface area (Å²) in [7, 11) is 1.02. The normalized spacial score (nSPS) is 11.2. The second-order valence-electron chi connectivity index (χ2n) is 3.55. The average molecular weight is 198 g/mol. The van der Waals surface area contributed by atoms with E-state index in [0.717, 1.165) is 14.9 Å². The first kappa shape index (κ1) is 10.7. The minimum Gasteiger partial charge on any atom is -0.325 e. The molecule has 0 aliphatic heterocycles. The summed E-state index contributed by atoms with van der Waals surface area (Å²) in [6.07, 6.45) is 7.91. The number of rotatable bonds is 6. The lowest BCUT2D eigenvalue weighted by Crippen LogP contribution is -1.88. The first-order valence-electron chi connectivity index (χ1n) is 5.21. The summed E-state index contributed by atoms with van der Waals surface area (Å²) in [5.41, 5.74) is 2.57. The molecule has 2 nitrogen and oxygen atoms in total. The molecule has 13 heavy (non-hydrogen) atoms. The van der Waals surface area contributed by atoms with Crippen LogP contribution in [0.5, 0.6) is 0 Å². The van der Waals surface area contributed by atoms with E-state index in [2.05, 4.69) is 23.3 Å². The van der Waals surface area contributed by atoms with Crippen molar-refractivity contribution in [3.05, 3.63) is 11.4 Å². The molecule has 0 aliphatic rings. The molecule has 1 aromatic heterocycles. The first-order valence-corrected chi connectivity index (χ1v) is 6.06. The predicted octanol–water partition coefficient (Wildman–Crippen LogP) is 3.81. The second-order valence-corrected chi connectivity index (χ2v) is 4.17. The van der Waals surface area contributed by atoms with Crippen LogP contribution in [0, 0.1) is 6.92 Å². The highest BCUT2D eigenvalue weighted by molar-refractivity contribution is 7.20. The molecule has 74 valence electrons. The molecule has 1 rings (SSSR count). The number of hydrogen-bond donors (Lipinski definition) is 1. The van der Waals surface area contributed by atoms with Gasteiger partial charge in [0, 0.05) is 5.69 Å². The largest absolute Gasteiger partial charge is 0.325 e. The zero-order valence-corrected chi connectivity index (χ0v) is 9.53. The zero-order valence-electron chi connectivity index (χ0n) is 8.64. The van der Waals surface area contributed by atoms with E-state index in [1.807, 2.05) is 0 Å². The summed E-state index contributed by atoms with van der Waals surface area (Å²) in [5.74, 6) is 0. The van der Waals surface area contributed by atoms with Gasteiger partial charge in [-0.3, -0.25) is 0 Å². The van der Waals surface area contributed by atoms with E-state index < -0.39 is 0 Å². The van der Waals surface area contributed by atoms with Gasteiger partial charge in [-0.2, -0.15) is 0 Å². The molecular formula is C10H19N2P. The fourth-order valence-corrected chi connectivity index (χ4v) is 2.13. The highest BCUT2D eigenvalue weighted by Crippen LogP contribution is 2.12. The first-order chi connectivity index (χ1) is 6.34. The summed E-state index contributed by atoms with van der Waals surface area (Å²) >= 11 is 0. The van der Waals surface area contributed by atoms with Gasteiger partial charge in [0.2, 0.25) is 0 Å². The molecular weight excluding hydrogens is 179 g/mol. The van der Waals surface area contributed by atoms with Gasteiger partial charge < -0.3 is 4.75 Å². The summed E-state index contributed by atoms with van der Waals surface area (Å²) in [5, 5.41) is 0. The van der Waals surface area contributed by atoms with E-state index in [9.17, 15) is 0 Å². The summed E-state index contributed by atoms with van der Waals surface area (Å²) in [6.45, 7) is 4.37. The Bertz CT molecular complexity index is 233. The molecule has 0 amide bonds. The SMILES string of the molecule is CCCCCCCc1np[nH]c1C. The lowest BCUT2D eigenvalue weighted by atomic mass is 10.1. The number of unbranched alkanes of at least 4 members (excludes halogenated alkanes) is 4. The van der Waals surface area contributed by atoms with Crippen LogP contribution < -0.4 is 0 Å². The fourth-order valence-electron chi connectivity index (χ4n) is 1.43. The standard InChI is InChI=1S/C10H19N2P/c1-3-4-5-6-7-8-10-9(2)11-13-12-10/h3-8H2,1-2H3,(H,11,12). The van der Waals surface area contributed by atoms with E-state index in [1.54, 1.807) is 0 Å². The van der Waals surface area contributed by atoms with Crippen molar-refractivity contribution in [2.45, 2.75) is 52.4 Å². The van der Waals surface area contributed by atoms with Crippen molar-refractivity contribution in [1.29, 1.82) is 0 Å². The fraction of sp³-hybridized carbons (Fsp3) is 0.800. The van der Waals surface area contributed by atoms with Crippen molar-refractivity contribution in [2.75, 3.05) is 0 Å². The molecule has 0 bridgehead atoms. The zero-order chi connectivity index (χ0) is 9.52. The van der Waals surface area contributed by atoms with Crippen LogP contribution in [0.15, 0.2) is 0 Å². The van der Waals surface area contributed by atoms with Crippen LogP contribution in [-0.2, 0) is 6.42 Å². The molecule has 1 aromatic rings. The Balaban J connectivity index is 2.10. The molecule has 0 fully saturated rings. The molecule has 1 N–H and O–H groups in total. The van der Waals surface area contributed by atoms with Crippen molar-refractivity contribution >= 4 is 8.51 Å². The van der Waals surface area contributed by atoms with Gasteiger partial charge >= 0.3 is 0 Å². The van der Waals surface area contributed by atoms with Crippen LogP contribution in [0.4, 0.5) is 0 Å². The predicted molar refractivity (Wildman–Crippen MR) is 58.3 cm³/mol. The summed E-state index contributed by atoms with van der Waals surface area (Å²) in [4.78, 5) is 0. The number of hydrogen-bond acceptors (Lipinski definition) is 1. The summed E-state index contributed by atoms with van der Waals surface area (Å²) in [6, 6.07) is 0. The Morgan fingerprint density at radius 3 is 2.62 bits per heavy atom. The number of aromatic amines is 1. The van der Waals surface area contributed by atoms with Crippen LogP contribution in [0.1, 0.15) is 50.4 Å². The second kappa shape index (κ2) is 6.15. The lowest BCUT2D eigenvalue weighted by molar-refractivity contribution is 0.628. The number of aromatic nitrogens is 2. The van der Waals surface area contributed by atoms with Crippen molar-refractivity contribution in [2.24, 2.45) is 0 Å². The minimum absolute atomic E-state index is 1.02. The van der Waals surface area contributed by atoms with Gasteiger partial charge in [0.25, 0.3) is 0 Å². The van der Waals surface area contributed by atoms with Gasteiger partial charge in [0.15, 0.2) is 0 Å². The Morgan fingerprint density at radius 2 is 2.00 bits per heavy atom. The highest BCUT2D eigenvalue weighted by Gasteiger charge is 2.00. The maximum atomic E-state index is 4.38. The Labute approximate surface area is 82.4 Å². The Kier molecular flexibility index (Phi) is 5.07. The third-order valence-corrected chi connectivity index (χ3v) is 3.12. The number of aryl methyl sites for hydroxylation is 2. The van der Waals surface area contributed by atoms with Gasteiger partial charge in [-0.05, 0) is 19.8 Å². The van der Waals surface area contributed by atoms with Crippen molar-refractivity contribution in [3.63, 3.8) is 0 Å². The van der Waals surface area contributed by atoms with Gasteiger partial charge in [-0.25, -0.2) is 4.75 Å². The van der Waals surface area contributed by atoms with E-state index in [4.69, 9.17) is 0 Å². The smallest absolute Gasteiger partial charge is 0.129 e. The lowest BCUT2D eigenvalue weighted by Gasteiger charge is -1.98. The molecule has 0 atom stereocenters. The molecule has 0 aromatic carbocycles. The molecule has 0 aliphatic carbocycles. The van der Waals surface area contributed by atoms with Crippen LogP contribution in [-0.4, -0.2) is 9.49 Å². The van der Waals surface area contributed by atoms with Crippen molar-refractivity contribution in [3.8, 4) is 0 Å². The Morgan fingerprint density at radius 1 is 1.23 bits per heavy atom. The monoisotopic (exact) mass is 198 g/mol. The molecule has 0 radical (unpaired) electrons. The molecule has 0 saturated carbocycles. The highest BCUT2D eigenvalue weighted by atomic mass is 31.1. The molecule has 3 heteroatoms. The van der Waals surface area contributed by atoms with Crippen LogP contribution in [0.2, 0.25) is 0 Å². The number of nitrogens with one attached hydrogen (secondary N) is 1. The molecule has 0 unspecified atom stereocenters. The topological polar surface area (TPSA) is 28.7 Å². The van der Waals surface area contributed by atoms with Gasteiger partial charge in [-0.1, -0.05) is 32.6 Å². The quantitative estimate of drug-likeness (QED) is 0.692. The van der Waals surface area contributed by atoms with E-state index in [-0.39, 0.29) is 0 Å². The third kappa shape index (κ3) is 3.91. The van der Waals surface area contributed by atoms with Gasteiger partial charge in [-0.15, -0.1) is 0 Å². The molecule has 1 heterocycles. The van der Waals surface area contributed by atoms with Crippen LogP contribution in [0.25, 0.3) is 0 Å². The summed E-state index contributed by atoms with van der Waals surface area (Å²) < 4.78 is 7.58. The molecule has 0 saturated heterocycles. The third-order valence-electron chi connectivity index (χ3n) is 2.34. The maximum absolute atomic E-state index is 4.38. The van der Waals surface area contributed by atoms with E-state index in [1.165, 1.54) is 43.5 Å².